The molecule has 4 heteroatoms. The van der Waals surface area contributed by atoms with Gasteiger partial charge in [0.25, 0.3) is 0 Å². The molecule has 2 saturated heterocycles. The standard InChI is InChI=1S/C12H13N3S/c1-2-9-4-3-8(1)15(9)12-11-10(5-6-16-11)13-7-14-12/h5-9H,1-4H2. The molecule has 2 fully saturated rings. The van der Waals surface area contributed by atoms with Crippen molar-refractivity contribution in [2.24, 2.45) is 0 Å². The average molecular weight is 231 g/mol. The van der Waals surface area contributed by atoms with Gasteiger partial charge in [-0.05, 0) is 37.1 Å². The number of anilines is 1. The van der Waals surface area contributed by atoms with E-state index in [1.807, 2.05) is 0 Å². The predicted molar refractivity (Wildman–Crippen MR) is 65.9 cm³/mol. The third-order valence-corrected chi connectivity index (χ3v) is 4.82. The number of hydrogen-bond acceptors (Lipinski definition) is 4. The highest BCUT2D eigenvalue weighted by molar-refractivity contribution is 7.17. The number of aromatic nitrogens is 2. The van der Waals surface area contributed by atoms with Crippen LogP contribution in [0.25, 0.3) is 10.2 Å². The summed E-state index contributed by atoms with van der Waals surface area (Å²) in [5.41, 5.74) is 1.10. The van der Waals surface area contributed by atoms with E-state index in [0.29, 0.717) is 0 Å². The van der Waals surface area contributed by atoms with Gasteiger partial charge in [0, 0.05) is 12.1 Å². The summed E-state index contributed by atoms with van der Waals surface area (Å²) >= 11 is 1.77. The van der Waals surface area contributed by atoms with Gasteiger partial charge in [0.05, 0.1) is 10.2 Å². The maximum Gasteiger partial charge on any atom is 0.150 e. The highest BCUT2D eigenvalue weighted by Crippen LogP contribution is 2.42. The molecule has 4 heterocycles. The van der Waals surface area contributed by atoms with Gasteiger partial charge in [0.15, 0.2) is 5.82 Å². The van der Waals surface area contributed by atoms with Gasteiger partial charge in [-0.1, -0.05) is 0 Å². The fourth-order valence-corrected chi connectivity index (χ4v) is 4.06. The Morgan fingerprint density at radius 1 is 1.12 bits per heavy atom. The Balaban J connectivity index is 1.90. The van der Waals surface area contributed by atoms with Crippen LogP contribution in [0.4, 0.5) is 5.82 Å². The molecule has 0 unspecified atom stereocenters. The highest BCUT2D eigenvalue weighted by atomic mass is 32.1. The molecule has 0 spiro atoms. The zero-order valence-electron chi connectivity index (χ0n) is 8.97. The molecule has 0 radical (unpaired) electrons. The van der Waals surface area contributed by atoms with Gasteiger partial charge < -0.3 is 4.90 Å². The zero-order valence-corrected chi connectivity index (χ0v) is 9.78. The molecule has 0 aromatic carbocycles. The number of hydrogen-bond donors (Lipinski definition) is 0. The lowest BCUT2D eigenvalue weighted by Gasteiger charge is -2.23. The molecule has 0 amide bonds. The smallest absolute Gasteiger partial charge is 0.150 e. The molecule has 16 heavy (non-hydrogen) atoms. The molecule has 0 saturated carbocycles. The minimum atomic E-state index is 0.741. The van der Waals surface area contributed by atoms with Gasteiger partial charge in [-0.2, -0.15) is 0 Å². The Morgan fingerprint density at radius 2 is 1.88 bits per heavy atom. The van der Waals surface area contributed by atoms with Gasteiger partial charge in [-0.25, -0.2) is 9.97 Å². The molecule has 4 rings (SSSR count). The lowest BCUT2D eigenvalue weighted by molar-refractivity contribution is 0.576. The number of fused-ring (bicyclic) bond motifs is 3. The molecule has 2 bridgehead atoms. The van der Waals surface area contributed by atoms with Crippen molar-refractivity contribution in [1.29, 1.82) is 0 Å². The van der Waals surface area contributed by atoms with Crippen LogP contribution in [0.5, 0.6) is 0 Å². The predicted octanol–water partition coefficient (Wildman–Crippen LogP) is 2.82. The second-order valence-corrected chi connectivity index (χ2v) is 5.62. The summed E-state index contributed by atoms with van der Waals surface area (Å²) in [5.74, 6) is 1.19. The molecule has 3 nitrogen and oxygen atoms in total. The van der Waals surface area contributed by atoms with Crippen LogP contribution in [-0.2, 0) is 0 Å². The fraction of sp³-hybridized carbons (Fsp3) is 0.500. The van der Waals surface area contributed by atoms with Gasteiger partial charge in [0.1, 0.15) is 6.33 Å². The van der Waals surface area contributed by atoms with Crippen LogP contribution in [0, 0.1) is 0 Å². The normalized spacial score (nSPS) is 28.1. The summed E-state index contributed by atoms with van der Waals surface area (Å²) in [4.78, 5) is 11.4. The van der Waals surface area contributed by atoms with Gasteiger partial charge >= 0.3 is 0 Å². The largest absolute Gasteiger partial charge is 0.349 e. The maximum atomic E-state index is 4.53. The van der Waals surface area contributed by atoms with Crippen molar-refractivity contribution in [3.63, 3.8) is 0 Å². The molecule has 0 atom stereocenters. The van der Waals surface area contributed by atoms with Crippen molar-refractivity contribution in [2.45, 2.75) is 37.8 Å². The van der Waals surface area contributed by atoms with Crippen molar-refractivity contribution in [2.75, 3.05) is 4.90 Å². The average Bonchev–Trinajstić information content (AvgIpc) is 3.03. The number of thiophene rings is 1. The lowest BCUT2D eigenvalue weighted by atomic mass is 10.0. The summed E-state index contributed by atoms with van der Waals surface area (Å²) in [6.45, 7) is 0. The van der Waals surface area contributed by atoms with E-state index in [-0.39, 0.29) is 0 Å². The van der Waals surface area contributed by atoms with Crippen LogP contribution in [-0.4, -0.2) is 22.1 Å². The van der Waals surface area contributed by atoms with E-state index in [1.54, 1.807) is 17.7 Å². The summed E-state index contributed by atoms with van der Waals surface area (Å²) in [5, 5.41) is 2.11. The second-order valence-electron chi connectivity index (χ2n) is 4.70. The van der Waals surface area contributed by atoms with Crippen LogP contribution in [0.1, 0.15) is 25.7 Å². The molecule has 2 aliphatic heterocycles. The van der Waals surface area contributed by atoms with Gasteiger partial charge in [0.2, 0.25) is 0 Å². The minimum Gasteiger partial charge on any atom is -0.349 e. The van der Waals surface area contributed by atoms with Crippen molar-refractivity contribution in [3.8, 4) is 0 Å². The number of rotatable bonds is 1. The first-order valence-corrected chi connectivity index (χ1v) is 6.78. The molecule has 2 aliphatic rings. The first-order chi connectivity index (χ1) is 7.93. The Bertz CT molecular complexity index is 516. The zero-order chi connectivity index (χ0) is 10.5. The van der Waals surface area contributed by atoms with Crippen LogP contribution in [0.2, 0.25) is 0 Å². The summed E-state index contributed by atoms with van der Waals surface area (Å²) in [6, 6.07) is 3.57. The summed E-state index contributed by atoms with van der Waals surface area (Å²) < 4.78 is 1.27. The third kappa shape index (κ3) is 1.08. The Kier molecular flexibility index (Phi) is 1.77. The van der Waals surface area contributed by atoms with E-state index >= 15 is 0 Å². The molecule has 2 aromatic rings. The minimum absolute atomic E-state index is 0.741. The van der Waals surface area contributed by atoms with E-state index in [9.17, 15) is 0 Å². The number of nitrogens with zero attached hydrogens (tertiary/aromatic N) is 3. The maximum absolute atomic E-state index is 4.53. The van der Waals surface area contributed by atoms with Crippen molar-refractivity contribution < 1.29 is 0 Å². The van der Waals surface area contributed by atoms with Crippen LogP contribution < -0.4 is 4.90 Å². The van der Waals surface area contributed by atoms with Crippen LogP contribution >= 0.6 is 11.3 Å². The van der Waals surface area contributed by atoms with Crippen LogP contribution in [0.15, 0.2) is 17.8 Å². The molecule has 82 valence electrons. The van der Waals surface area contributed by atoms with E-state index in [1.165, 1.54) is 36.2 Å². The Hall–Kier alpha value is -1.16. The van der Waals surface area contributed by atoms with E-state index in [2.05, 4.69) is 26.3 Å². The van der Waals surface area contributed by atoms with E-state index in [4.69, 9.17) is 0 Å². The summed E-state index contributed by atoms with van der Waals surface area (Å²) in [7, 11) is 0. The molecular formula is C12H13N3S. The Morgan fingerprint density at radius 3 is 2.62 bits per heavy atom. The van der Waals surface area contributed by atoms with E-state index < -0.39 is 0 Å². The van der Waals surface area contributed by atoms with Crippen molar-refractivity contribution in [1.82, 2.24) is 9.97 Å². The van der Waals surface area contributed by atoms with Crippen molar-refractivity contribution in [3.05, 3.63) is 17.8 Å². The van der Waals surface area contributed by atoms with Gasteiger partial charge in [-0.15, -0.1) is 11.3 Å². The SMILES string of the molecule is c1nc(N2C3CCC2CC3)c2sccc2n1. The van der Waals surface area contributed by atoms with Crippen LogP contribution in [0.3, 0.4) is 0 Å². The molecule has 0 aliphatic carbocycles. The monoisotopic (exact) mass is 231 g/mol. The van der Waals surface area contributed by atoms with Crippen molar-refractivity contribution >= 4 is 27.4 Å². The second kappa shape index (κ2) is 3.17. The molecule has 0 N–H and O–H groups in total. The third-order valence-electron chi connectivity index (χ3n) is 3.92. The Labute approximate surface area is 98.1 Å². The first kappa shape index (κ1) is 8.93. The molecular weight excluding hydrogens is 218 g/mol. The molecule has 2 aromatic heterocycles. The quantitative estimate of drug-likeness (QED) is 0.755. The fourth-order valence-electron chi connectivity index (χ4n) is 3.22. The first-order valence-electron chi connectivity index (χ1n) is 5.90. The highest BCUT2D eigenvalue weighted by Gasteiger charge is 2.40. The lowest BCUT2D eigenvalue weighted by Crippen LogP contribution is -2.28. The van der Waals surface area contributed by atoms with Gasteiger partial charge in [-0.3, -0.25) is 0 Å². The summed E-state index contributed by atoms with van der Waals surface area (Å²) in [6.07, 6.45) is 7.11. The topological polar surface area (TPSA) is 29.0 Å². The van der Waals surface area contributed by atoms with E-state index in [0.717, 1.165) is 17.6 Å².